The molecule has 2 heterocycles. The molecular formula is C20H30Cl2N6O3. The molecule has 1 saturated heterocycles. The number of hydrogen-bond donors (Lipinski definition) is 3. The van der Waals surface area contributed by atoms with Crippen LogP contribution >= 0.6 is 24.0 Å². The van der Waals surface area contributed by atoms with Crippen molar-refractivity contribution in [2.45, 2.75) is 18.9 Å². The molecule has 1 atom stereocenters. The first-order chi connectivity index (χ1) is 14.7. The molecule has 2 aromatic rings. The Kier molecular flexibility index (Phi) is 11.8. The van der Waals surface area contributed by atoms with Crippen LogP contribution in [0.2, 0.25) is 5.02 Å². The highest BCUT2D eigenvalue weighted by Gasteiger charge is 2.16. The van der Waals surface area contributed by atoms with Gasteiger partial charge in [0.05, 0.1) is 32.5 Å². The van der Waals surface area contributed by atoms with E-state index in [4.69, 9.17) is 31.5 Å². The number of hydrogen-bond acceptors (Lipinski definition) is 9. The van der Waals surface area contributed by atoms with Crippen LogP contribution in [0.25, 0.3) is 11.4 Å². The van der Waals surface area contributed by atoms with Gasteiger partial charge in [-0.2, -0.15) is 15.0 Å². The molecule has 11 heteroatoms. The van der Waals surface area contributed by atoms with E-state index in [1.165, 1.54) is 0 Å². The Bertz CT molecular complexity index is 763. The average Bonchev–Trinajstić information content (AvgIpc) is 3.28. The highest BCUT2D eigenvalue weighted by molar-refractivity contribution is 6.30. The third-order valence-corrected chi connectivity index (χ3v) is 4.67. The van der Waals surface area contributed by atoms with Gasteiger partial charge in [-0.1, -0.05) is 11.6 Å². The average molecular weight is 473 g/mol. The Morgan fingerprint density at radius 1 is 1.00 bits per heavy atom. The van der Waals surface area contributed by atoms with E-state index in [1.54, 1.807) is 0 Å². The first kappa shape index (κ1) is 25.5. The van der Waals surface area contributed by atoms with Crippen molar-refractivity contribution in [3.8, 4) is 11.4 Å². The summed E-state index contributed by atoms with van der Waals surface area (Å²) in [5, 5.41) is 7.12. The number of nitrogens with one attached hydrogen (secondary N) is 2. The Hall–Kier alpha value is -1.75. The number of benzene rings is 1. The lowest BCUT2D eigenvalue weighted by Gasteiger charge is -2.13. The third-order valence-electron chi connectivity index (χ3n) is 4.41. The van der Waals surface area contributed by atoms with E-state index >= 15 is 0 Å². The van der Waals surface area contributed by atoms with Crippen LogP contribution in [-0.4, -0.2) is 73.7 Å². The predicted molar refractivity (Wildman–Crippen MR) is 124 cm³/mol. The van der Waals surface area contributed by atoms with Crippen molar-refractivity contribution in [1.29, 1.82) is 0 Å². The zero-order valence-electron chi connectivity index (χ0n) is 17.4. The summed E-state index contributed by atoms with van der Waals surface area (Å²) in [5.74, 6) is 1.55. The zero-order chi connectivity index (χ0) is 21.0. The van der Waals surface area contributed by atoms with Crippen LogP contribution in [0.3, 0.4) is 0 Å². The maximum atomic E-state index is 6.00. The molecule has 1 aliphatic heterocycles. The first-order valence-electron chi connectivity index (χ1n) is 10.2. The molecule has 1 fully saturated rings. The molecule has 172 valence electrons. The third kappa shape index (κ3) is 9.10. The van der Waals surface area contributed by atoms with Gasteiger partial charge in [-0.05, 0) is 37.1 Å². The van der Waals surface area contributed by atoms with E-state index in [-0.39, 0.29) is 18.5 Å². The summed E-state index contributed by atoms with van der Waals surface area (Å²) in [6.45, 7) is 4.64. The van der Waals surface area contributed by atoms with Crippen LogP contribution < -0.4 is 16.4 Å². The molecule has 1 aromatic carbocycles. The summed E-state index contributed by atoms with van der Waals surface area (Å²) in [4.78, 5) is 13.6. The highest BCUT2D eigenvalue weighted by Crippen LogP contribution is 2.21. The van der Waals surface area contributed by atoms with E-state index in [0.717, 1.165) is 25.0 Å². The number of aromatic nitrogens is 3. The lowest BCUT2D eigenvalue weighted by Crippen LogP contribution is -2.21. The summed E-state index contributed by atoms with van der Waals surface area (Å²) >= 11 is 6.00. The van der Waals surface area contributed by atoms with Gasteiger partial charge in [-0.15, -0.1) is 12.4 Å². The number of anilines is 2. The first-order valence-corrected chi connectivity index (χ1v) is 10.6. The van der Waals surface area contributed by atoms with Crippen molar-refractivity contribution in [3.63, 3.8) is 0 Å². The largest absolute Gasteiger partial charge is 0.378 e. The fourth-order valence-corrected chi connectivity index (χ4v) is 3.04. The van der Waals surface area contributed by atoms with Gasteiger partial charge in [-0.3, -0.25) is 0 Å². The van der Waals surface area contributed by atoms with Gasteiger partial charge in [0.1, 0.15) is 0 Å². The maximum absolute atomic E-state index is 6.00. The van der Waals surface area contributed by atoms with Gasteiger partial charge in [0.15, 0.2) is 5.82 Å². The molecule has 3 rings (SSSR count). The quantitative estimate of drug-likeness (QED) is 0.378. The highest BCUT2D eigenvalue weighted by atomic mass is 35.5. The minimum Gasteiger partial charge on any atom is -0.378 e. The van der Waals surface area contributed by atoms with Gasteiger partial charge < -0.3 is 30.6 Å². The molecule has 31 heavy (non-hydrogen) atoms. The number of halogens is 2. The van der Waals surface area contributed by atoms with Crippen molar-refractivity contribution >= 4 is 35.9 Å². The zero-order valence-corrected chi connectivity index (χ0v) is 19.0. The Morgan fingerprint density at radius 2 is 1.71 bits per heavy atom. The van der Waals surface area contributed by atoms with Crippen molar-refractivity contribution < 1.29 is 14.2 Å². The molecule has 0 saturated carbocycles. The van der Waals surface area contributed by atoms with Crippen molar-refractivity contribution in [2.24, 2.45) is 5.73 Å². The van der Waals surface area contributed by atoms with Crippen LogP contribution in [0, 0.1) is 0 Å². The van der Waals surface area contributed by atoms with Gasteiger partial charge >= 0.3 is 0 Å². The molecule has 0 aliphatic carbocycles. The van der Waals surface area contributed by atoms with Crippen LogP contribution in [0.15, 0.2) is 24.3 Å². The second-order valence-electron chi connectivity index (χ2n) is 6.77. The summed E-state index contributed by atoms with van der Waals surface area (Å²) in [5.41, 5.74) is 6.23. The minimum atomic E-state index is 0. The van der Waals surface area contributed by atoms with Gasteiger partial charge in [-0.25, -0.2) is 0 Å². The molecule has 0 amide bonds. The molecule has 1 unspecified atom stereocenters. The number of nitrogens with zero attached hydrogens (tertiary/aromatic N) is 3. The SMILES string of the molecule is Cl.NCCOCCOCCNc1nc(NCC2CCCO2)nc(-c2ccc(Cl)cc2)n1. The Morgan fingerprint density at radius 3 is 2.39 bits per heavy atom. The molecule has 0 spiro atoms. The molecule has 4 N–H and O–H groups in total. The van der Waals surface area contributed by atoms with Crippen LogP contribution in [0.4, 0.5) is 11.9 Å². The maximum Gasteiger partial charge on any atom is 0.228 e. The fraction of sp³-hybridized carbons (Fsp3) is 0.550. The van der Waals surface area contributed by atoms with E-state index < -0.39 is 0 Å². The Labute approximate surface area is 193 Å². The minimum absolute atomic E-state index is 0. The molecular weight excluding hydrogens is 443 g/mol. The standard InChI is InChI=1S/C20H29ClN6O3.ClH/c21-16-5-3-15(4-6-16)18-25-19(23-8-11-29-13-12-28-10-7-22)27-20(26-18)24-14-17-2-1-9-30-17;/h3-6,17H,1-2,7-14,22H2,(H2,23,24,25,26,27);1H. The molecule has 9 nitrogen and oxygen atoms in total. The molecule has 0 radical (unpaired) electrons. The van der Waals surface area contributed by atoms with Crippen LogP contribution in [-0.2, 0) is 14.2 Å². The van der Waals surface area contributed by atoms with Gasteiger partial charge in [0.25, 0.3) is 0 Å². The summed E-state index contributed by atoms with van der Waals surface area (Å²) < 4.78 is 16.5. The van der Waals surface area contributed by atoms with Crippen LogP contribution in [0.5, 0.6) is 0 Å². The van der Waals surface area contributed by atoms with E-state index in [0.29, 0.717) is 68.8 Å². The van der Waals surface area contributed by atoms with E-state index in [1.807, 2.05) is 24.3 Å². The topological polar surface area (TPSA) is 116 Å². The van der Waals surface area contributed by atoms with Gasteiger partial charge in [0, 0.05) is 36.8 Å². The van der Waals surface area contributed by atoms with Crippen LogP contribution in [0.1, 0.15) is 12.8 Å². The second kappa shape index (κ2) is 14.3. The van der Waals surface area contributed by atoms with Crippen molar-refractivity contribution in [2.75, 3.05) is 63.3 Å². The summed E-state index contributed by atoms with van der Waals surface area (Å²) in [7, 11) is 0. The normalized spacial score (nSPS) is 15.5. The lowest BCUT2D eigenvalue weighted by atomic mass is 10.2. The fourth-order valence-electron chi connectivity index (χ4n) is 2.91. The monoisotopic (exact) mass is 472 g/mol. The van der Waals surface area contributed by atoms with Crippen molar-refractivity contribution in [1.82, 2.24) is 15.0 Å². The second-order valence-corrected chi connectivity index (χ2v) is 7.21. The van der Waals surface area contributed by atoms with E-state index in [9.17, 15) is 0 Å². The van der Waals surface area contributed by atoms with Crippen molar-refractivity contribution in [3.05, 3.63) is 29.3 Å². The number of ether oxygens (including phenoxy) is 3. The molecule has 1 aliphatic rings. The predicted octanol–water partition coefficient (Wildman–Crippen LogP) is 2.61. The summed E-state index contributed by atoms with van der Waals surface area (Å²) in [6.07, 6.45) is 2.32. The van der Waals surface area contributed by atoms with Gasteiger partial charge in [0.2, 0.25) is 11.9 Å². The smallest absolute Gasteiger partial charge is 0.228 e. The number of rotatable bonds is 13. The summed E-state index contributed by atoms with van der Waals surface area (Å²) in [6, 6.07) is 7.40. The molecule has 1 aromatic heterocycles. The number of nitrogens with two attached hydrogens (primary N) is 1. The van der Waals surface area contributed by atoms with E-state index in [2.05, 4.69) is 25.6 Å². The molecule has 0 bridgehead atoms. The Balaban J connectivity index is 0.00000341. The lowest BCUT2D eigenvalue weighted by molar-refractivity contribution is 0.0547.